The summed E-state index contributed by atoms with van der Waals surface area (Å²) in [4.78, 5) is 12.4. The van der Waals surface area contributed by atoms with Crippen LogP contribution in [-0.2, 0) is 12.8 Å². The van der Waals surface area contributed by atoms with Crippen molar-refractivity contribution < 1.29 is 18.6 Å². The molecule has 0 aliphatic carbocycles. The molecule has 1 heterocycles. The lowest BCUT2D eigenvalue weighted by Gasteiger charge is -2.18. The van der Waals surface area contributed by atoms with Crippen LogP contribution in [0, 0.1) is 0 Å². The van der Waals surface area contributed by atoms with E-state index < -0.39 is 0 Å². The zero-order chi connectivity index (χ0) is 17.0. The van der Waals surface area contributed by atoms with Gasteiger partial charge in [0.1, 0.15) is 5.76 Å². The quantitative estimate of drug-likeness (QED) is 0.778. The Morgan fingerprint density at radius 2 is 1.61 bits per heavy atom. The van der Waals surface area contributed by atoms with Crippen LogP contribution in [0.25, 0.3) is 10.8 Å². The van der Waals surface area contributed by atoms with Gasteiger partial charge in [-0.1, -0.05) is 20.3 Å². The predicted octanol–water partition coefficient (Wildman–Crippen LogP) is 3.72. The second kappa shape index (κ2) is 7.40. The number of hydrogen-bond donors (Lipinski definition) is 0. The van der Waals surface area contributed by atoms with Crippen LogP contribution in [-0.4, -0.2) is 21.3 Å². The van der Waals surface area contributed by atoms with Crippen LogP contribution >= 0.6 is 0 Å². The van der Waals surface area contributed by atoms with Gasteiger partial charge in [-0.25, -0.2) is 4.79 Å². The molecular formula is C18H24O5. The first kappa shape index (κ1) is 17.2. The lowest BCUT2D eigenvalue weighted by atomic mass is 9.98. The van der Waals surface area contributed by atoms with Gasteiger partial charge < -0.3 is 18.6 Å². The third kappa shape index (κ3) is 3.00. The summed E-state index contributed by atoms with van der Waals surface area (Å²) in [5.41, 5.74) is 0.643. The van der Waals surface area contributed by atoms with Gasteiger partial charge in [-0.05, 0) is 18.9 Å². The Bertz CT molecular complexity index is 745. The van der Waals surface area contributed by atoms with Crippen LogP contribution in [0.1, 0.15) is 38.0 Å². The van der Waals surface area contributed by atoms with E-state index in [0.29, 0.717) is 22.6 Å². The van der Waals surface area contributed by atoms with E-state index >= 15 is 0 Å². The summed E-state index contributed by atoms with van der Waals surface area (Å²) in [5.74, 6) is 2.20. The minimum absolute atomic E-state index is 0.373. The molecule has 0 saturated heterocycles. The van der Waals surface area contributed by atoms with Crippen molar-refractivity contribution in [3.8, 4) is 17.2 Å². The van der Waals surface area contributed by atoms with Crippen LogP contribution in [0.5, 0.6) is 17.2 Å². The molecule has 1 aromatic carbocycles. The minimum Gasteiger partial charge on any atom is -0.493 e. The molecule has 0 atom stereocenters. The van der Waals surface area contributed by atoms with Gasteiger partial charge in [0, 0.05) is 17.4 Å². The first-order valence-corrected chi connectivity index (χ1v) is 7.90. The molecule has 0 aliphatic rings. The zero-order valence-electron chi connectivity index (χ0n) is 14.4. The number of methoxy groups -OCH3 is 3. The second-order valence-electron chi connectivity index (χ2n) is 5.36. The predicted molar refractivity (Wildman–Crippen MR) is 90.1 cm³/mol. The highest BCUT2D eigenvalue weighted by atomic mass is 16.5. The fourth-order valence-electron chi connectivity index (χ4n) is 2.93. The monoisotopic (exact) mass is 320 g/mol. The summed E-state index contributed by atoms with van der Waals surface area (Å²) < 4.78 is 22.0. The highest BCUT2D eigenvalue weighted by Gasteiger charge is 2.23. The largest absolute Gasteiger partial charge is 0.493 e. The van der Waals surface area contributed by atoms with E-state index in [1.54, 1.807) is 20.3 Å². The summed E-state index contributed by atoms with van der Waals surface area (Å²) >= 11 is 0. The first-order chi connectivity index (χ1) is 11.1. The molecule has 0 spiro atoms. The Balaban J connectivity index is 2.98. The standard InChI is InChI=1S/C18H24O5/c1-6-8-11-13(9-7-2)23-18(19)12-10-14(20-3)16(21-4)17(22-5)15(11)12/h10H,6-9H2,1-5H3. The third-order valence-electron chi connectivity index (χ3n) is 3.88. The van der Waals surface area contributed by atoms with Crippen molar-refractivity contribution in [2.24, 2.45) is 0 Å². The van der Waals surface area contributed by atoms with Crippen LogP contribution in [0.15, 0.2) is 15.3 Å². The van der Waals surface area contributed by atoms with E-state index in [9.17, 15) is 4.79 Å². The van der Waals surface area contributed by atoms with Crippen LogP contribution < -0.4 is 19.8 Å². The molecule has 0 unspecified atom stereocenters. The van der Waals surface area contributed by atoms with Crippen molar-refractivity contribution in [1.82, 2.24) is 0 Å². The van der Waals surface area contributed by atoms with Gasteiger partial charge in [0.25, 0.3) is 0 Å². The Hall–Kier alpha value is -2.17. The molecule has 23 heavy (non-hydrogen) atoms. The van der Waals surface area contributed by atoms with Gasteiger partial charge in [-0.2, -0.15) is 0 Å². The average molecular weight is 320 g/mol. The molecule has 0 bridgehead atoms. The van der Waals surface area contributed by atoms with Gasteiger partial charge in [0.2, 0.25) is 5.75 Å². The van der Waals surface area contributed by atoms with E-state index in [-0.39, 0.29) is 5.63 Å². The van der Waals surface area contributed by atoms with Crippen molar-refractivity contribution in [2.45, 2.75) is 39.5 Å². The normalized spacial score (nSPS) is 10.8. The Morgan fingerprint density at radius 1 is 0.957 bits per heavy atom. The van der Waals surface area contributed by atoms with Crippen molar-refractivity contribution in [1.29, 1.82) is 0 Å². The van der Waals surface area contributed by atoms with Crippen molar-refractivity contribution in [3.63, 3.8) is 0 Å². The number of hydrogen-bond acceptors (Lipinski definition) is 5. The van der Waals surface area contributed by atoms with Crippen molar-refractivity contribution in [3.05, 3.63) is 27.8 Å². The molecule has 0 fully saturated rings. The number of rotatable bonds is 7. The van der Waals surface area contributed by atoms with Crippen LogP contribution in [0.4, 0.5) is 0 Å². The maximum absolute atomic E-state index is 12.4. The zero-order valence-corrected chi connectivity index (χ0v) is 14.4. The van der Waals surface area contributed by atoms with Gasteiger partial charge in [-0.3, -0.25) is 0 Å². The molecule has 2 rings (SSSR count). The van der Waals surface area contributed by atoms with Crippen molar-refractivity contribution >= 4 is 10.8 Å². The summed E-state index contributed by atoms with van der Waals surface area (Å²) in [6.45, 7) is 4.16. The topological polar surface area (TPSA) is 57.9 Å². The Kier molecular flexibility index (Phi) is 5.53. The number of fused-ring (bicyclic) bond motifs is 1. The van der Waals surface area contributed by atoms with E-state index in [2.05, 4.69) is 13.8 Å². The summed E-state index contributed by atoms with van der Waals surface area (Å²) in [6, 6.07) is 1.66. The van der Waals surface area contributed by atoms with Gasteiger partial charge >= 0.3 is 5.63 Å². The molecule has 0 saturated carbocycles. The van der Waals surface area contributed by atoms with Gasteiger partial charge in [-0.15, -0.1) is 0 Å². The second-order valence-corrected chi connectivity index (χ2v) is 5.36. The van der Waals surface area contributed by atoms with E-state index in [0.717, 1.165) is 42.4 Å². The molecule has 2 aromatic rings. The maximum atomic E-state index is 12.4. The van der Waals surface area contributed by atoms with E-state index in [4.69, 9.17) is 18.6 Å². The molecule has 0 aliphatic heterocycles. The number of ether oxygens (including phenoxy) is 3. The van der Waals surface area contributed by atoms with E-state index in [1.165, 1.54) is 7.11 Å². The smallest absolute Gasteiger partial charge is 0.344 e. The minimum atomic E-state index is -0.373. The third-order valence-corrected chi connectivity index (χ3v) is 3.88. The fraction of sp³-hybridized carbons (Fsp3) is 0.500. The van der Waals surface area contributed by atoms with Crippen LogP contribution in [0.2, 0.25) is 0 Å². The number of aryl methyl sites for hydroxylation is 2. The van der Waals surface area contributed by atoms with E-state index in [1.807, 2.05) is 0 Å². The highest BCUT2D eigenvalue weighted by molar-refractivity contribution is 5.95. The Morgan fingerprint density at radius 3 is 2.13 bits per heavy atom. The summed E-state index contributed by atoms with van der Waals surface area (Å²) in [5, 5.41) is 1.23. The highest BCUT2D eigenvalue weighted by Crippen LogP contribution is 2.44. The molecule has 0 radical (unpaired) electrons. The van der Waals surface area contributed by atoms with Crippen LogP contribution in [0.3, 0.4) is 0 Å². The molecule has 0 N–H and O–H groups in total. The summed E-state index contributed by atoms with van der Waals surface area (Å²) in [7, 11) is 4.66. The molecule has 5 nitrogen and oxygen atoms in total. The summed E-state index contributed by atoms with van der Waals surface area (Å²) in [6.07, 6.45) is 3.37. The SMILES string of the molecule is CCCc1oc(=O)c2cc(OC)c(OC)c(OC)c2c1CCC. The molecular weight excluding hydrogens is 296 g/mol. The molecule has 1 aromatic heterocycles. The molecule has 0 amide bonds. The molecule has 126 valence electrons. The Labute approximate surface area is 136 Å². The van der Waals surface area contributed by atoms with Crippen molar-refractivity contribution in [2.75, 3.05) is 21.3 Å². The average Bonchev–Trinajstić information content (AvgIpc) is 2.56. The lowest BCUT2D eigenvalue weighted by molar-refractivity contribution is 0.326. The number of benzene rings is 1. The maximum Gasteiger partial charge on any atom is 0.344 e. The lowest BCUT2D eigenvalue weighted by Crippen LogP contribution is -2.09. The fourth-order valence-corrected chi connectivity index (χ4v) is 2.93. The van der Waals surface area contributed by atoms with Gasteiger partial charge in [0.15, 0.2) is 11.5 Å². The molecule has 5 heteroatoms. The van der Waals surface area contributed by atoms with Gasteiger partial charge in [0.05, 0.1) is 26.7 Å². The first-order valence-electron chi connectivity index (χ1n) is 7.90.